The number of likely N-dealkylation sites (tertiary alicyclic amines) is 1. The Balaban J connectivity index is 2.20. The molecule has 0 aromatic carbocycles. The normalized spacial score (nSPS) is 22.1. The Morgan fingerprint density at radius 1 is 1.38 bits per heavy atom. The van der Waals surface area contributed by atoms with Crippen LogP contribution >= 0.6 is 7.60 Å². The van der Waals surface area contributed by atoms with E-state index in [4.69, 9.17) is 9.79 Å². The summed E-state index contributed by atoms with van der Waals surface area (Å²) in [6.45, 7) is 4.74. The molecule has 4 nitrogen and oxygen atoms in total. The van der Waals surface area contributed by atoms with Crippen LogP contribution in [-0.2, 0) is 4.57 Å². The topological polar surface area (TPSA) is 60.8 Å². The molecule has 0 aromatic heterocycles. The number of hydrogen-bond acceptors (Lipinski definition) is 2. The second-order valence-corrected chi connectivity index (χ2v) is 5.69. The highest BCUT2D eigenvalue weighted by Crippen LogP contribution is 2.34. The van der Waals surface area contributed by atoms with E-state index >= 15 is 0 Å². The number of nitrogens with zero attached hydrogens (tertiary/aromatic N) is 1. The van der Waals surface area contributed by atoms with Gasteiger partial charge in [0.15, 0.2) is 0 Å². The molecule has 0 spiro atoms. The minimum Gasteiger partial charge on any atom is -0.324 e. The van der Waals surface area contributed by atoms with Gasteiger partial charge >= 0.3 is 7.60 Å². The van der Waals surface area contributed by atoms with E-state index in [0.717, 1.165) is 31.8 Å². The van der Waals surface area contributed by atoms with Crippen molar-refractivity contribution in [2.75, 3.05) is 25.8 Å². The van der Waals surface area contributed by atoms with Gasteiger partial charge in [-0.1, -0.05) is 6.92 Å². The maximum absolute atomic E-state index is 10.6. The summed E-state index contributed by atoms with van der Waals surface area (Å²) in [7, 11) is -3.79. The van der Waals surface area contributed by atoms with E-state index in [0.29, 0.717) is 6.54 Å². The summed E-state index contributed by atoms with van der Waals surface area (Å²) in [5.74, 6) is 0.770. The van der Waals surface area contributed by atoms with Gasteiger partial charge in [-0.3, -0.25) is 4.57 Å². The fourth-order valence-corrected chi connectivity index (χ4v) is 2.10. The first-order chi connectivity index (χ1) is 5.97. The van der Waals surface area contributed by atoms with Crippen molar-refractivity contribution in [3.05, 3.63) is 0 Å². The molecule has 0 atom stereocenters. The summed E-state index contributed by atoms with van der Waals surface area (Å²) < 4.78 is 10.6. The summed E-state index contributed by atoms with van der Waals surface area (Å²) in [5.41, 5.74) is 0. The van der Waals surface area contributed by atoms with Crippen LogP contribution in [0.15, 0.2) is 0 Å². The van der Waals surface area contributed by atoms with Gasteiger partial charge in [-0.15, -0.1) is 0 Å². The first-order valence-electron chi connectivity index (χ1n) is 4.74. The van der Waals surface area contributed by atoms with Gasteiger partial charge in [-0.25, -0.2) is 0 Å². The van der Waals surface area contributed by atoms with E-state index < -0.39 is 7.60 Å². The average molecular weight is 207 g/mol. The van der Waals surface area contributed by atoms with E-state index in [2.05, 4.69) is 11.8 Å². The number of rotatable bonds is 3. The van der Waals surface area contributed by atoms with Crippen molar-refractivity contribution in [1.29, 1.82) is 0 Å². The van der Waals surface area contributed by atoms with Gasteiger partial charge in [0.1, 0.15) is 0 Å². The van der Waals surface area contributed by atoms with Crippen molar-refractivity contribution in [2.24, 2.45) is 5.92 Å². The van der Waals surface area contributed by atoms with Crippen LogP contribution in [-0.4, -0.2) is 40.5 Å². The van der Waals surface area contributed by atoms with E-state index in [1.165, 1.54) is 0 Å². The Morgan fingerprint density at radius 3 is 2.38 bits per heavy atom. The lowest BCUT2D eigenvalue weighted by Crippen LogP contribution is -2.34. The Labute approximate surface area is 79.1 Å². The molecule has 1 heterocycles. The predicted molar refractivity (Wildman–Crippen MR) is 51.7 cm³/mol. The number of piperidine rings is 1. The van der Waals surface area contributed by atoms with Crippen molar-refractivity contribution in [2.45, 2.75) is 19.8 Å². The lowest BCUT2D eigenvalue weighted by Gasteiger charge is -2.30. The summed E-state index contributed by atoms with van der Waals surface area (Å²) in [6, 6.07) is 0. The minimum absolute atomic E-state index is 0.00137. The molecular formula is C8H18NO3P. The summed E-state index contributed by atoms with van der Waals surface area (Å²) >= 11 is 0. The first-order valence-corrected chi connectivity index (χ1v) is 6.54. The van der Waals surface area contributed by atoms with Gasteiger partial charge in [0.25, 0.3) is 0 Å². The Morgan fingerprint density at radius 2 is 1.92 bits per heavy atom. The first kappa shape index (κ1) is 11.2. The van der Waals surface area contributed by atoms with Crippen LogP contribution in [0.2, 0.25) is 0 Å². The smallest absolute Gasteiger partial charge is 0.324 e. The standard InChI is InChI=1S/C8H18NO3P/c1-8-2-4-9(5-3-8)6-7-13(10,11)12/h8H,2-7H2,1H3,(H2,10,11,12). The molecule has 0 aromatic rings. The van der Waals surface area contributed by atoms with E-state index in [9.17, 15) is 4.57 Å². The maximum Gasteiger partial charge on any atom is 0.326 e. The Kier molecular flexibility index (Phi) is 3.92. The molecular weight excluding hydrogens is 189 g/mol. The third-order valence-electron chi connectivity index (χ3n) is 2.58. The third kappa shape index (κ3) is 4.77. The fraction of sp³-hybridized carbons (Fsp3) is 1.00. The molecule has 1 fully saturated rings. The van der Waals surface area contributed by atoms with E-state index in [1.807, 2.05) is 0 Å². The van der Waals surface area contributed by atoms with Gasteiger partial charge in [-0.05, 0) is 31.8 Å². The molecule has 1 aliphatic rings. The fourth-order valence-electron chi connectivity index (χ4n) is 1.56. The largest absolute Gasteiger partial charge is 0.326 e. The number of hydrogen-bond donors (Lipinski definition) is 2. The summed E-state index contributed by atoms with van der Waals surface area (Å²) in [5, 5.41) is 0. The second-order valence-electron chi connectivity index (χ2n) is 3.91. The lowest BCUT2D eigenvalue weighted by atomic mass is 9.99. The van der Waals surface area contributed by atoms with E-state index in [1.54, 1.807) is 0 Å². The Hall–Kier alpha value is 0.110. The molecule has 0 amide bonds. The van der Waals surface area contributed by atoms with Gasteiger partial charge in [-0.2, -0.15) is 0 Å². The van der Waals surface area contributed by atoms with Crippen LogP contribution in [0.25, 0.3) is 0 Å². The average Bonchev–Trinajstić information content (AvgIpc) is 2.02. The highest BCUT2D eigenvalue weighted by atomic mass is 31.2. The second kappa shape index (κ2) is 4.56. The van der Waals surface area contributed by atoms with Crippen molar-refractivity contribution in [3.63, 3.8) is 0 Å². The molecule has 1 saturated heterocycles. The van der Waals surface area contributed by atoms with Gasteiger partial charge in [0.2, 0.25) is 0 Å². The van der Waals surface area contributed by atoms with Crippen molar-refractivity contribution in [1.82, 2.24) is 4.90 Å². The predicted octanol–water partition coefficient (Wildman–Crippen LogP) is 0.896. The zero-order chi connectivity index (χ0) is 9.90. The van der Waals surface area contributed by atoms with Gasteiger partial charge in [0.05, 0.1) is 6.16 Å². The monoisotopic (exact) mass is 207 g/mol. The van der Waals surface area contributed by atoms with E-state index in [-0.39, 0.29) is 6.16 Å². The third-order valence-corrected chi connectivity index (χ3v) is 3.37. The minimum atomic E-state index is -3.79. The highest BCUT2D eigenvalue weighted by molar-refractivity contribution is 7.51. The van der Waals surface area contributed by atoms with Gasteiger partial charge < -0.3 is 14.7 Å². The zero-order valence-electron chi connectivity index (χ0n) is 8.02. The zero-order valence-corrected chi connectivity index (χ0v) is 8.91. The Bertz CT molecular complexity index is 196. The molecule has 1 rings (SSSR count). The van der Waals surface area contributed by atoms with Crippen LogP contribution in [0.5, 0.6) is 0 Å². The lowest BCUT2D eigenvalue weighted by molar-refractivity contribution is 0.199. The molecule has 0 bridgehead atoms. The van der Waals surface area contributed by atoms with Crippen molar-refractivity contribution < 1.29 is 14.4 Å². The molecule has 13 heavy (non-hydrogen) atoms. The molecule has 1 aliphatic heterocycles. The maximum atomic E-state index is 10.6. The SMILES string of the molecule is CC1CCN(CCP(=O)(O)O)CC1. The molecule has 0 aliphatic carbocycles. The molecule has 2 N–H and O–H groups in total. The molecule has 78 valence electrons. The molecule has 0 saturated carbocycles. The van der Waals surface area contributed by atoms with Crippen LogP contribution in [0.1, 0.15) is 19.8 Å². The summed E-state index contributed by atoms with van der Waals surface area (Å²) in [4.78, 5) is 19.5. The highest BCUT2D eigenvalue weighted by Gasteiger charge is 2.19. The molecule has 0 radical (unpaired) electrons. The van der Waals surface area contributed by atoms with Crippen LogP contribution in [0, 0.1) is 5.92 Å². The van der Waals surface area contributed by atoms with Crippen molar-refractivity contribution in [3.8, 4) is 0 Å². The van der Waals surface area contributed by atoms with Crippen molar-refractivity contribution >= 4 is 7.60 Å². The van der Waals surface area contributed by atoms with Crippen LogP contribution in [0.4, 0.5) is 0 Å². The quantitative estimate of drug-likeness (QED) is 0.675. The molecule has 0 unspecified atom stereocenters. The van der Waals surface area contributed by atoms with Crippen LogP contribution in [0.3, 0.4) is 0 Å². The molecule has 5 heteroatoms. The van der Waals surface area contributed by atoms with Crippen LogP contribution < -0.4 is 0 Å². The van der Waals surface area contributed by atoms with Gasteiger partial charge in [0, 0.05) is 6.54 Å². The summed E-state index contributed by atoms with van der Waals surface area (Å²) in [6.07, 6.45) is 2.31.